The molecule has 5 heteroatoms. The fourth-order valence-corrected chi connectivity index (χ4v) is 1.51. The third-order valence-electron chi connectivity index (χ3n) is 1.58. The number of hydrogen-bond donors (Lipinski definition) is 0. The molecule has 0 bridgehead atoms. The zero-order valence-electron chi connectivity index (χ0n) is 7.97. The second-order valence-corrected chi connectivity index (χ2v) is 4.87. The molecular formula is C9H11NO3S. The fourth-order valence-electron chi connectivity index (χ4n) is 0.911. The van der Waals surface area contributed by atoms with Crippen LogP contribution in [0.4, 0.5) is 0 Å². The summed E-state index contributed by atoms with van der Waals surface area (Å²) in [5, 5.41) is 0. The first-order chi connectivity index (χ1) is 6.39. The van der Waals surface area contributed by atoms with Crippen molar-refractivity contribution in [3.05, 3.63) is 30.1 Å². The lowest BCUT2D eigenvalue weighted by molar-refractivity contribution is -0.112. The van der Waals surface area contributed by atoms with Gasteiger partial charge in [-0.2, -0.15) is 0 Å². The number of ketones is 1. The van der Waals surface area contributed by atoms with E-state index in [4.69, 9.17) is 0 Å². The van der Waals surface area contributed by atoms with Gasteiger partial charge in [-0.15, -0.1) is 0 Å². The van der Waals surface area contributed by atoms with Crippen LogP contribution in [-0.4, -0.2) is 24.4 Å². The molecule has 0 saturated carbocycles. The Kier molecular flexibility index (Phi) is 2.90. The fraction of sp³-hybridized carbons (Fsp3) is 0.222. The summed E-state index contributed by atoms with van der Waals surface area (Å²) in [6.45, 7) is 1.43. The lowest BCUT2D eigenvalue weighted by atomic mass is 10.3. The van der Waals surface area contributed by atoms with Crippen molar-refractivity contribution >= 4 is 21.9 Å². The number of rotatable bonds is 3. The maximum Gasteiger partial charge on any atom is 0.235 e. The molecule has 0 unspecified atom stereocenters. The number of aromatic nitrogens is 1. The highest BCUT2D eigenvalue weighted by Crippen LogP contribution is 2.05. The summed E-state index contributed by atoms with van der Waals surface area (Å²) >= 11 is 0. The third kappa shape index (κ3) is 2.85. The first kappa shape index (κ1) is 10.7. The SMILES string of the molecule is CC(=O)/C=C/c1ccn(S(C)(=O)=O)c1. The van der Waals surface area contributed by atoms with Crippen LogP contribution in [0.3, 0.4) is 0 Å². The summed E-state index contributed by atoms with van der Waals surface area (Å²) in [6.07, 6.45) is 6.97. The zero-order valence-corrected chi connectivity index (χ0v) is 8.78. The molecule has 1 rings (SSSR count). The van der Waals surface area contributed by atoms with E-state index in [1.165, 1.54) is 25.4 Å². The Morgan fingerprint density at radius 2 is 2.14 bits per heavy atom. The summed E-state index contributed by atoms with van der Waals surface area (Å²) < 4.78 is 23.2. The molecule has 1 aromatic rings. The third-order valence-corrected chi connectivity index (χ3v) is 2.58. The highest BCUT2D eigenvalue weighted by molar-refractivity contribution is 7.89. The molecule has 4 nitrogen and oxygen atoms in total. The van der Waals surface area contributed by atoms with E-state index in [-0.39, 0.29) is 5.78 Å². The van der Waals surface area contributed by atoms with Gasteiger partial charge in [0.2, 0.25) is 10.0 Å². The van der Waals surface area contributed by atoms with Crippen LogP contribution in [-0.2, 0) is 14.8 Å². The summed E-state index contributed by atoms with van der Waals surface area (Å²) in [4.78, 5) is 10.6. The van der Waals surface area contributed by atoms with Gasteiger partial charge in [-0.05, 0) is 30.7 Å². The van der Waals surface area contributed by atoms with Gasteiger partial charge in [0.05, 0.1) is 6.26 Å². The lowest BCUT2D eigenvalue weighted by Crippen LogP contribution is -2.06. The van der Waals surface area contributed by atoms with Crippen molar-refractivity contribution in [2.75, 3.05) is 6.26 Å². The molecular weight excluding hydrogens is 202 g/mol. The van der Waals surface area contributed by atoms with Gasteiger partial charge >= 0.3 is 0 Å². The molecule has 0 radical (unpaired) electrons. The smallest absolute Gasteiger partial charge is 0.235 e. The second-order valence-electron chi connectivity index (χ2n) is 2.98. The van der Waals surface area contributed by atoms with E-state index in [0.29, 0.717) is 5.56 Å². The van der Waals surface area contributed by atoms with Gasteiger partial charge in [0.25, 0.3) is 0 Å². The van der Waals surface area contributed by atoms with E-state index in [9.17, 15) is 13.2 Å². The largest absolute Gasteiger partial charge is 0.295 e. The first-order valence-electron chi connectivity index (χ1n) is 3.97. The Hall–Kier alpha value is -1.36. The highest BCUT2D eigenvalue weighted by atomic mass is 32.2. The van der Waals surface area contributed by atoms with Crippen molar-refractivity contribution in [3.8, 4) is 0 Å². The maximum atomic E-state index is 11.1. The minimum absolute atomic E-state index is 0.0721. The molecule has 0 N–H and O–H groups in total. The number of hydrogen-bond acceptors (Lipinski definition) is 3. The molecule has 0 fully saturated rings. The van der Waals surface area contributed by atoms with Crippen LogP contribution < -0.4 is 0 Å². The molecule has 0 saturated heterocycles. The average molecular weight is 213 g/mol. The molecule has 14 heavy (non-hydrogen) atoms. The molecule has 0 spiro atoms. The Morgan fingerprint density at radius 3 is 2.57 bits per heavy atom. The van der Waals surface area contributed by atoms with Crippen molar-refractivity contribution in [2.45, 2.75) is 6.92 Å². The minimum atomic E-state index is -3.22. The zero-order chi connectivity index (χ0) is 10.8. The van der Waals surface area contributed by atoms with Gasteiger partial charge in [0, 0.05) is 12.4 Å². The van der Waals surface area contributed by atoms with E-state index in [0.717, 1.165) is 10.2 Å². The summed E-state index contributed by atoms with van der Waals surface area (Å²) in [6, 6.07) is 1.63. The Balaban J connectivity index is 2.95. The van der Waals surface area contributed by atoms with Gasteiger partial charge in [-0.25, -0.2) is 8.42 Å². The molecule has 1 aromatic heterocycles. The number of nitrogens with zero attached hydrogens (tertiary/aromatic N) is 1. The molecule has 1 heterocycles. The molecule has 0 aliphatic rings. The van der Waals surface area contributed by atoms with E-state index < -0.39 is 10.0 Å². The maximum absolute atomic E-state index is 11.1. The summed E-state index contributed by atoms with van der Waals surface area (Å²) in [5.74, 6) is -0.0721. The van der Waals surface area contributed by atoms with E-state index in [1.807, 2.05) is 0 Å². The average Bonchev–Trinajstić information content (AvgIpc) is 2.47. The summed E-state index contributed by atoms with van der Waals surface area (Å²) in [5.41, 5.74) is 0.686. The van der Waals surface area contributed by atoms with E-state index >= 15 is 0 Å². The molecule has 0 aliphatic heterocycles. The normalized spacial score (nSPS) is 12.1. The van der Waals surface area contributed by atoms with Gasteiger partial charge in [0.15, 0.2) is 5.78 Å². The van der Waals surface area contributed by atoms with Crippen LogP contribution >= 0.6 is 0 Å². The van der Waals surface area contributed by atoms with E-state index in [2.05, 4.69) is 0 Å². The monoisotopic (exact) mass is 213 g/mol. The lowest BCUT2D eigenvalue weighted by Gasteiger charge is -1.95. The van der Waals surface area contributed by atoms with Crippen molar-refractivity contribution in [1.82, 2.24) is 3.97 Å². The number of carbonyl (C=O) groups excluding carboxylic acids is 1. The Morgan fingerprint density at radius 1 is 1.50 bits per heavy atom. The van der Waals surface area contributed by atoms with Gasteiger partial charge in [0.1, 0.15) is 0 Å². The number of allylic oxidation sites excluding steroid dienone is 1. The molecule has 76 valence electrons. The molecule has 0 aromatic carbocycles. The minimum Gasteiger partial charge on any atom is -0.295 e. The van der Waals surface area contributed by atoms with Crippen LogP contribution in [0, 0.1) is 0 Å². The predicted octanol–water partition coefficient (Wildman–Crippen LogP) is 0.898. The van der Waals surface area contributed by atoms with Gasteiger partial charge < -0.3 is 0 Å². The number of carbonyl (C=O) groups is 1. The predicted molar refractivity (Wildman–Crippen MR) is 54.4 cm³/mol. The second kappa shape index (κ2) is 3.79. The van der Waals surface area contributed by atoms with Crippen LogP contribution in [0.15, 0.2) is 24.5 Å². The molecule has 0 aliphatic carbocycles. The highest BCUT2D eigenvalue weighted by Gasteiger charge is 2.03. The molecule has 0 amide bonds. The van der Waals surface area contributed by atoms with Crippen molar-refractivity contribution in [2.24, 2.45) is 0 Å². The Bertz CT molecular complexity index is 468. The molecule has 0 atom stereocenters. The topological polar surface area (TPSA) is 56.1 Å². The van der Waals surface area contributed by atoms with Gasteiger partial charge in [-0.3, -0.25) is 8.77 Å². The Labute approximate surface area is 82.9 Å². The van der Waals surface area contributed by atoms with Crippen LogP contribution in [0.2, 0.25) is 0 Å². The van der Waals surface area contributed by atoms with Crippen LogP contribution in [0.25, 0.3) is 6.08 Å². The van der Waals surface area contributed by atoms with E-state index in [1.54, 1.807) is 12.1 Å². The summed E-state index contributed by atoms with van der Waals surface area (Å²) in [7, 11) is -3.22. The van der Waals surface area contributed by atoms with Gasteiger partial charge in [-0.1, -0.05) is 0 Å². The standard InChI is InChI=1S/C9H11NO3S/c1-8(11)3-4-9-5-6-10(7-9)14(2,12)13/h3-7H,1-2H3/b4-3+. The van der Waals surface area contributed by atoms with Crippen LogP contribution in [0.5, 0.6) is 0 Å². The quantitative estimate of drug-likeness (QED) is 0.701. The first-order valence-corrected chi connectivity index (χ1v) is 5.81. The van der Waals surface area contributed by atoms with Crippen molar-refractivity contribution in [3.63, 3.8) is 0 Å². The van der Waals surface area contributed by atoms with Crippen molar-refractivity contribution < 1.29 is 13.2 Å². The van der Waals surface area contributed by atoms with Crippen molar-refractivity contribution in [1.29, 1.82) is 0 Å². The van der Waals surface area contributed by atoms with Crippen LogP contribution in [0.1, 0.15) is 12.5 Å².